The van der Waals surface area contributed by atoms with E-state index < -0.39 is 10.0 Å². The number of anilines is 1. The summed E-state index contributed by atoms with van der Waals surface area (Å²) in [5.74, 6) is 0.146. The Hall–Kier alpha value is -1.28. The average Bonchev–Trinajstić information content (AvgIpc) is 2.40. The fourth-order valence-electron chi connectivity index (χ4n) is 1.67. The van der Waals surface area contributed by atoms with Crippen LogP contribution in [0, 0.1) is 0 Å². The molecule has 0 saturated carbocycles. The van der Waals surface area contributed by atoms with E-state index in [-0.39, 0.29) is 10.6 Å². The quantitative estimate of drug-likeness (QED) is 0.747. The van der Waals surface area contributed by atoms with Gasteiger partial charge in [-0.1, -0.05) is 17.7 Å². The van der Waals surface area contributed by atoms with Crippen LogP contribution in [0.15, 0.2) is 45.8 Å². The first-order valence-electron chi connectivity index (χ1n) is 5.81. The van der Waals surface area contributed by atoms with Crippen molar-refractivity contribution in [1.82, 2.24) is 0 Å². The molecule has 0 aliphatic heterocycles. The average molecular weight is 392 g/mol. The van der Waals surface area contributed by atoms with E-state index in [1.807, 2.05) is 0 Å². The van der Waals surface area contributed by atoms with Crippen LogP contribution in [-0.4, -0.2) is 13.5 Å². The van der Waals surface area contributed by atoms with Crippen LogP contribution in [0.1, 0.15) is 5.56 Å². The van der Waals surface area contributed by atoms with Crippen LogP contribution in [0.5, 0.6) is 5.75 Å². The zero-order chi connectivity index (χ0) is 15.6. The maximum atomic E-state index is 11.3. The number of aromatic hydroxyl groups is 1. The maximum Gasteiger partial charge on any atom is 0.238 e. The minimum atomic E-state index is -3.78. The van der Waals surface area contributed by atoms with E-state index in [0.717, 1.165) is 5.56 Å². The summed E-state index contributed by atoms with van der Waals surface area (Å²) in [7, 11) is -3.78. The summed E-state index contributed by atoms with van der Waals surface area (Å²) < 4.78 is 23.2. The Morgan fingerprint density at radius 2 is 1.95 bits per heavy atom. The van der Waals surface area contributed by atoms with E-state index in [1.54, 1.807) is 18.2 Å². The van der Waals surface area contributed by atoms with E-state index in [0.29, 0.717) is 21.7 Å². The van der Waals surface area contributed by atoms with Crippen LogP contribution in [0.4, 0.5) is 5.69 Å². The van der Waals surface area contributed by atoms with Crippen molar-refractivity contribution in [2.45, 2.75) is 11.4 Å². The Bertz CT molecular complexity index is 781. The predicted molar refractivity (Wildman–Crippen MR) is 86.0 cm³/mol. The van der Waals surface area contributed by atoms with E-state index in [1.165, 1.54) is 18.2 Å². The van der Waals surface area contributed by atoms with Crippen molar-refractivity contribution < 1.29 is 13.5 Å². The van der Waals surface area contributed by atoms with Gasteiger partial charge in [0.25, 0.3) is 0 Å². The first kappa shape index (κ1) is 16.1. The molecule has 2 aromatic carbocycles. The van der Waals surface area contributed by atoms with Crippen molar-refractivity contribution in [3.05, 3.63) is 51.5 Å². The summed E-state index contributed by atoms with van der Waals surface area (Å²) in [5, 5.41) is 17.9. The number of phenolic OH excluding ortho intramolecular Hbond substituents is 1. The molecule has 2 rings (SSSR count). The smallest absolute Gasteiger partial charge is 0.238 e. The molecule has 0 heterocycles. The van der Waals surface area contributed by atoms with Crippen molar-refractivity contribution in [2.24, 2.45) is 5.14 Å². The van der Waals surface area contributed by atoms with Gasteiger partial charge in [0.2, 0.25) is 10.0 Å². The lowest BCUT2D eigenvalue weighted by Crippen LogP contribution is -2.12. The third kappa shape index (κ3) is 4.10. The highest BCUT2D eigenvalue weighted by molar-refractivity contribution is 9.10. The molecule has 0 aliphatic carbocycles. The minimum Gasteiger partial charge on any atom is -0.507 e. The molecular weight excluding hydrogens is 380 g/mol. The minimum absolute atomic E-state index is 0.0127. The molecule has 0 atom stereocenters. The van der Waals surface area contributed by atoms with Gasteiger partial charge in [-0.05, 0) is 51.8 Å². The van der Waals surface area contributed by atoms with Crippen LogP contribution >= 0.6 is 27.5 Å². The van der Waals surface area contributed by atoms with Crippen molar-refractivity contribution in [2.75, 3.05) is 5.32 Å². The topological polar surface area (TPSA) is 92.4 Å². The summed E-state index contributed by atoms with van der Waals surface area (Å²) in [4.78, 5) is -0.0127. The number of halogens is 2. The van der Waals surface area contributed by atoms with Crippen molar-refractivity contribution in [1.29, 1.82) is 0 Å². The van der Waals surface area contributed by atoms with Gasteiger partial charge in [0.15, 0.2) is 0 Å². The summed E-state index contributed by atoms with van der Waals surface area (Å²) in [5.41, 5.74) is 1.35. The van der Waals surface area contributed by atoms with Gasteiger partial charge < -0.3 is 10.4 Å². The van der Waals surface area contributed by atoms with Gasteiger partial charge in [-0.25, -0.2) is 13.6 Å². The van der Waals surface area contributed by atoms with E-state index in [4.69, 9.17) is 16.7 Å². The number of phenols is 1. The molecule has 0 aliphatic rings. The van der Waals surface area contributed by atoms with Crippen LogP contribution in [-0.2, 0) is 16.6 Å². The van der Waals surface area contributed by atoms with Gasteiger partial charge in [0.05, 0.1) is 20.1 Å². The van der Waals surface area contributed by atoms with Gasteiger partial charge in [-0.2, -0.15) is 0 Å². The SMILES string of the molecule is NS(=O)(=O)c1ccc(Cl)c(NCc2ccc(O)c(Br)c2)c1. The van der Waals surface area contributed by atoms with Crippen LogP contribution in [0.25, 0.3) is 0 Å². The molecule has 0 bridgehead atoms. The fraction of sp³-hybridized carbons (Fsp3) is 0.0769. The normalized spacial score (nSPS) is 11.4. The highest BCUT2D eigenvalue weighted by Gasteiger charge is 2.10. The van der Waals surface area contributed by atoms with Crippen LogP contribution in [0.3, 0.4) is 0 Å². The molecule has 0 radical (unpaired) electrons. The number of hydrogen-bond acceptors (Lipinski definition) is 4. The Morgan fingerprint density at radius 3 is 2.57 bits per heavy atom. The zero-order valence-electron chi connectivity index (χ0n) is 10.7. The first-order valence-corrected chi connectivity index (χ1v) is 8.53. The Kier molecular flexibility index (Phi) is 4.77. The van der Waals surface area contributed by atoms with Gasteiger partial charge >= 0.3 is 0 Å². The molecule has 21 heavy (non-hydrogen) atoms. The zero-order valence-corrected chi connectivity index (χ0v) is 13.8. The number of nitrogens with two attached hydrogens (primary N) is 1. The molecule has 8 heteroatoms. The van der Waals surface area contributed by atoms with E-state index in [2.05, 4.69) is 21.2 Å². The molecule has 5 nitrogen and oxygen atoms in total. The third-order valence-electron chi connectivity index (χ3n) is 2.76. The van der Waals surface area contributed by atoms with Gasteiger partial charge in [0.1, 0.15) is 5.75 Å². The van der Waals surface area contributed by atoms with Gasteiger partial charge in [-0.3, -0.25) is 0 Å². The lowest BCUT2D eigenvalue weighted by Gasteiger charge is -2.10. The molecule has 0 aromatic heterocycles. The molecule has 0 fully saturated rings. The van der Waals surface area contributed by atoms with Crippen molar-refractivity contribution >= 4 is 43.2 Å². The Balaban J connectivity index is 2.21. The number of sulfonamides is 1. The largest absolute Gasteiger partial charge is 0.507 e. The predicted octanol–water partition coefficient (Wildman–Crippen LogP) is 3.07. The highest BCUT2D eigenvalue weighted by Crippen LogP contribution is 2.27. The lowest BCUT2D eigenvalue weighted by molar-refractivity contribution is 0.471. The number of nitrogens with one attached hydrogen (secondary N) is 1. The number of benzene rings is 2. The molecular formula is C13H12BrClN2O3S. The standard InChI is InChI=1S/C13H12BrClN2O3S/c14-10-5-8(1-4-13(10)18)7-17-12-6-9(21(16,19)20)2-3-11(12)15/h1-6,17-18H,7H2,(H2,16,19,20). The van der Waals surface area contributed by atoms with E-state index >= 15 is 0 Å². The lowest BCUT2D eigenvalue weighted by atomic mass is 10.2. The molecule has 4 N–H and O–H groups in total. The fourth-order valence-corrected chi connectivity index (χ4v) is 2.82. The second-order valence-corrected chi connectivity index (χ2v) is 7.15. The summed E-state index contributed by atoms with van der Waals surface area (Å²) >= 11 is 9.25. The summed E-state index contributed by atoms with van der Waals surface area (Å²) in [6, 6.07) is 9.25. The van der Waals surface area contributed by atoms with E-state index in [9.17, 15) is 13.5 Å². The number of primary sulfonamides is 1. The summed E-state index contributed by atoms with van der Waals surface area (Å²) in [6.45, 7) is 0.409. The molecule has 2 aromatic rings. The first-order chi connectivity index (χ1) is 9.77. The molecule has 112 valence electrons. The van der Waals surface area contributed by atoms with Gasteiger partial charge in [0, 0.05) is 6.54 Å². The molecule has 0 spiro atoms. The van der Waals surface area contributed by atoms with Crippen molar-refractivity contribution in [3.63, 3.8) is 0 Å². The second-order valence-electron chi connectivity index (χ2n) is 4.33. The molecule has 0 amide bonds. The Labute approximate surface area is 135 Å². The molecule has 0 saturated heterocycles. The van der Waals surface area contributed by atoms with Crippen molar-refractivity contribution in [3.8, 4) is 5.75 Å². The number of hydrogen-bond donors (Lipinski definition) is 3. The van der Waals surface area contributed by atoms with Crippen LogP contribution < -0.4 is 10.5 Å². The summed E-state index contributed by atoms with van der Waals surface area (Å²) in [6.07, 6.45) is 0. The van der Waals surface area contributed by atoms with Gasteiger partial charge in [-0.15, -0.1) is 0 Å². The second kappa shape index (κ2) is 6.23. The maximum absolute atomic E-state index is 11.3. The monoisotopic (exact) mass is 390 g/mol. The highest BCUT2D eigenvalue weighted by atomic mass is 79.9. The Morgan fingerprint density at radius 1 is 1.24 bits per heavy atom. The molecule has 0 unspecified atom stereocenters. The third-order valence-corrected chi connectivity index (χ3v) is 4.64. The number of rotatable bonds is 4. The van der Waals surface area contributed by atoms with Crippen LogP contribution in [0.2, 0.25) is 5.02 Å².